The van der Waals surface area contributed by atoms with Gasteiger partial charge in [0.2, 0.25) is 0 Å². The van der Waals surface area contributed by atoms with Crippen molar-refractivity contribution < 1.29 is 13.2 Å². The summed E-state index contributed by atoms with van der Waals surface area (Å²) in [5, 5.41) is 14.0. The molecule has 3 aromatic rings. The lowest BCUT2D eigenvalue weighted by atomic mass is 10.1. The fourth-order valence-electron chi connectivity index (χ4n) is 2.17. The van der Waals surface area contributed by atoms with Gasteiger partial charge in [0.1, 0.15) is 16.7 Å². The van der Waals surface area contributed by atoms with Crippen molar-refractivity contribution in [2.24, 2.45) is 0 Å². The average molecular weight is 334 g/mol. The van der Waals surface area contributed by atoms with Crippen molar-refractivity contribution in [1.29, 1.82) is 5.26 Å². The van der Waals surface area contributed by atoms with Crippen LogP contribution in [-0.4, -0.2) is 20.9 Å². The van der Waals surface area contributed by atoms with Crippen molar-refractivity contribution >= 4 is 17.4 Å². The summed E-state index contributed by atoms with van der Waals surface area (Å²) in [4.78, 5) is 4.31. The zero-order valence-corrected chi connectivity index (χ0v) is 12.6. The van der Waals surface area contributed by atoms with Gasteiger partial charge in [0, 0.05) is 11.8 Å². The standard InChI is InChI=1S/C15H9F3N4S/c1-23-14-11(8-19)13-20-12(5-6-22(13)21-14)9-3-2-4-10(7-9)15(16,17)18/h2-7H,1H3. The largest absolute Gasteiger partial charge is 0.416 e. The number of fused-ring (bicyclic) bond motifs is 1. The first kappa shape index (κ1) is 15.4. The Morgan fingerprint density at radius 3 is 2.70 bits per heavy atom. The number of rotatable bonds is 2. The third-order valence-electron chi connectivity index (χ3n) is 3.24. The van der Waals surface area contributed by atoms with Crippen molar-refractivity contribution in [3.05, 3.63) is 47.7 Å². The van der Waals surface area contributed by atoms with E-state index in [9.17, 15) is 18.4 Å². The van der Waals surface area contributed by atoms with Gasteiger partial charge in [-0.3, -0.25) is 0 Å². The molecule has 0 aliphatic heterocycles. The van der Waals surface area contributed by atoms with E-state index >= 15 is 0 Å². The van der Waals surface area contributed by atoms with Crippen molar-refractivity contribution in [3.63, 3.8) is 0 Å². The summed E-state index contributed by atoms with van der Waals surface area (Å²) in [5.41, 5.74) is 0.583. The van der Waals surface area contributed by atoms with E-state index in [4.69, 9.17) is 0 Å². The number of alkyl halides is 3. The normalized spacial score (nSPS) is 11.6. The van der Waals surface area contributed by atoms with E-state index in [1.165, 1.54) is 22.3 Å². The molecule has 3 rings (SSSR count). The summed E-state index contributed by atoms with van der Waals surface area (Å²) in [5.74, 6) is 0. The maximum atomic E-state index is 12.8. The second-order valence-electron chi connectivity index (χ2n) is 4.66. The molecule has 0 unspecified atom stereocenters. The molecule has 4 nitrogen and oxygen atoms in total. The topological polar surface area (TPSA) is 54.0 Å². The van der Waals surface area contributed by atoms with Gasteiger partial charge in [-0.15, -0.1) is 11.8 Å². The van der Waals surface area contributed by atoms with Gasteiger partial charge in [0.25, 0.3) is 0 Å². The number of benzene rings is 1. The molecule has 8 heteroatoms. The first-order valence-corrected chi connectivity index (χ1v) is 7.67. The highest BCUT2D eigenvalue weighted by molar-refractivity contribution is 7.98. The van der Waals surface area contributed by atoms with Gasteiger partial charge in [-0.1, -0.05) is 12.1 Å². The van der Waals surface area contributed by atoms with Gasteiger partial charge < -0.3 is 0 Å². The highest BCUT2D eigenvalue weighted by Gasteiger charge is 2.30. The Morgan fingerprint density at radius 2 is 2.04 bits per heavy atom. The number of halogens is 3. The van der Waals surface area contributed by atoms with Gasteiger partial charge in [0.15, 0.2) is 5.65 Å². The van der Waals surface area contributed by atoms with E-state index in [2.05, 4.69) is 10.1 Å². The lowest BCUT2D eigenvalue weighted by Crippen LogP contribution is -2.04. The van der Waals surface area contributed by atoms with Gasteiger partial charge in [-0.25, -0.2) is 9.50 Å². The van der Waals surface area contributed by atoms with E-state index < -0.39 is 11.7 Å². The molecular weight excluding hydrogens is 325 g/mol. The highest BCUT2D eigenvalue weighted by atomic mass is 32.2. The molecule has 0 saturated heterocycles. The summed E-state index contributed by atoms with van der Waals surface area (Å²) in [6, 6.07) is 8.53. The predicted molar refractivity (Wildman–Crippen MR) is 79.9 cm³/mol. The molecule has 0 aliphatic rings. The van der Waals surface area contributed by atoms with Crippen LogP contribution in [0.1, 0.15) is 11.1 Å². The van der Waals surface area contributed by atoms with Crippen molar-refractivity contribution in [2.75, 3.05) is 6.26 Å². The molecule has 23 heavy (non-hydrogen) atoms. The molecule has 0 atom stereocenters. The summed E-state index contributed by atoms with van der Waals surface area (Å²) in [6.45, 7) is 0. The fraction of sp³-hybridized carbons (Fsp3) is 0.133. The molecule has 1 aromatic carbocycles. The summed E-state index contributed by atoms with van der Waals surface area (Å²) < 4.78 is 39.9. The highest BCUT2D eigenvalue weighted by Crippen LogP contribution is 2.32. The van der Waals surface area contributed by atoms with E-state index in [0.717, 1.165) is 12.1 Å². The van der Waals surface area contributed by atoms with Crippen molar-refractivity contribution in [3.8, 4) is 17.3 Å². The molecule has 0 radical (unpaired) electrons. The van der Waals surface area contributed by atoms with E-state index in [0.29, 0.717) is 27.5 Å². The number of nitriles is 1. The minimum absolute atomic E-state index is 0.311. The molecule has 0 fully saturated rings. The third-order valence-corrected chi connectivity index (χ3v) is 3.92. The molecule has 0 bridgehead atoms. The van der Waals surface area contributed by atoms with E-state index in [-0.39, 0.29) is 0 Å². The van der Waals surface area contributed by atoms with Gasteiger partial charge in [-0.05, 0) is 24.5 Å². The van der Waals surface area contributed by atoms with Crippen LogP contribution in [0.4, 0.5) is 13.2 Å². The Hall–Kier alpha value is -2.53. The van der Waals surface area contributed by atoms with Crippen molar-refractivity contribution in [2.45, 2.75) is 11.2 Å². The van der Waals surface area contributed by atoms with Crippen LogP contribution in [0.2, 0.25) is 0 Å². The maximum absolute atomic E-state index is 12.8. The Labute approximate surface area is 133 Å². The van der Waals surface area contributed by atoms with E-state index in [1.807, 2.05) is 6.07 Å². The Bertz CT molecular complexity index is 925. The minimum Gasteiger partial charge on any atom is -0.227 e. The molecule has 116 valence electrons. The van der Waals surface area contributed by atoms with Crippen LogP contribution < -0.4 is 0 Å². The van der Waals surface area contributed by atoms with Gasteiger partial charge in [0.05, 0.1) is 11.3 Å². The lowest BCUT2D eigenvalue weighted by Gasteiger charge is -2.08. The van der Waals surface area contributed by atoms with Gasteiger partial charge >= 0.3 is 6.18 Å². The first-order chi connectivity index (χ1) is 10.9. The molecular formula is C15H9F3N4S. The van der Waals surface area contributed by atoms with Crippen LogP contribution in [0, 0.1) is 11.3 Å². The van der Waals surface area contributed by atoms with Gasteiger partial charge in [-0.2, -0.15) is 23.5 Å². The fourth-order valence-corrected chi connectivity index (χ4v) is 2.68. The van der Waals surface area contributed by atoms with Crippen LogP contribution >= 0.6 is 11.8 Å². The maximum Gasteiger partial charge on any atom is 0.416 e. The van der Waals surface area contributed by atoms with Crippen LogP contribution in [0.15, 0.2) is 41.6 Å². The molecule has 2 heterocycles. The Morgan fingerprint density at radius 1 is 1.26 bits per heavy atom. The third kappa shape index (κ3) is 2.75. The average Bonchev–Trinajstić information content (AvgIpc) is 2.90. The molecule has 0 saturated carbocycles. The number of hydrogen-bond acceptors (Lipinski definition) is 4. The van der Waals surface area contributed by atoms with Crippen LogP contribution in [0.5, 0.6) is 0 Å². The number of nitrogens with zero attached hydrogens (tertiary/aromatic N) is 4. The predicted octanol–water partition coefficient (Wildman–Crippen LogP) is 4.01. The second-order valence-corrected chi connectivity index (χ2v) is 5.45. The van der Waals surface area contributed by atoms with E-state index in [1.54, 1.807) is 24.6 Å². The lowest BCUT2D eigenvalue weighted by molar-refractivity contribution is -0.137. The summed E-state index contributed by atoms with van der Waals surface area (Å²) in [6.07, 6.45) is -1.05. The van der Waals surface area contributed by atoms with Crippen molar-refractivity contribution in [1.82, 2.24) is 14.6 Å². The number of aromatic nitrogens is 3. The Balaban J connectivity index is 2.16. The molecule has 0 aliphatic carbocycles. The molecule has 0 amide bonds. The molecule has 2 aromatic heterocycles. The molecule has 0 N–H and O–H groups in total. The zero-order valence-electron chi connectivity index (χ0n) is 11.8. The monoisotopic (exact) mass is 334 g/mol. The number of hydrogen-bond donors (Lipinski definition) is 0. The summed E-state index contributed by atoms with van der Waals surface area (Å²) in [7, 11) is 0. The van der Waals surface area contributed by atoms with Crippen LogP contribution in [0.3, 0.4) is 0 Å². The SMILES string of the molecule is CSc1nn2ccc(-c3cccc(C(F)(F)F)c3)nc2c1C#N. The quantitative estimate of drug-likeness (QED) is 0.665. The summed E-state index contributed by atoms with van der Waals surface area (Å²) >= 11 is 1.31. The van der Waals surface area contributed by atoms with Crippen LogP contribution in [-0.2, 0) is 6.18 Å². The smallest absolute Gasteiger partial charge is 0.227 e. The first-order valence-electron chi connectivity index (χ1n) is 6.45. The zero-order chi connectivity index (χ0) is 16.6. The minimum atomic E-state index is -4.42. The van der Waals surface area contributed by atoms with Crippen LogP contribution in [0.25, 0.3) is 16.9 Å². The molecule has 0 spiro atoms. The Kier molecular flexibility index (Phi) is 3.74. The second kappa shape index (κ2) is 5.59. The number of thioether (sulfide) groups is 1.